The largest absolute Gasteiger partial charge is 0.506 e. The summed E-state index contributed by atoms with van der Waals surface area (Å²) in [4.78, 5) is 10.4. The Kier molecular flexibility index (Phi) is 1.55. The van der Waals surface area contributed by atoms with Crippen LogP contribution in [0.25, 0.3) is 10.1 Å². The summed E-state index contributed by atoms with van der Waals surface area (Å²) in [6, 6.07) is 3.35. The molecule has 0 aliphatic rings. The fourth-order valence-electron chi connectivity index (χ4n) is 1.03. The highest BCUT2D eigenvalue weighted by Crippen LogP contribution is 2.30. The highest BCUT2D eigenvalue weighted by Gasteiger charge is 2.06. The van der Waals surface area contributed by atoms with Crippen LogP contribution in [0, 0.1) is 0 Å². The molecule has 0 saturated carbocycles. The Morgan fingerprint density at radius 3 is 3.08 bits per heavy atom. The van der Waals surface area contributed by atoms with Crippen LogP contribution in [0.2, 0.25) is 0 Å². The number of hydrogen-bond acceptors (Lipinski definition) is 4. The SMILES string of the molecule is O=Cc1ccc2cnsc2c1O. The topological polar surface area (TPSA) is 50.2 Å². The fourth-order valence-corrected chi connectivity index (χ4v) is 1.73. The Bertz CT molecular complexity index is 436. The smallest absolute Gasteiger partial charge is 0.153 e. The van der Waals surface area contributed by atoms with Crippen molar-refractivity contribution >= 4 is 27.9 Å². The lowest BCUT2D eigenvalue weighted by Gasteiger charge is -1.95. The Morgan fingerprint density at radius 2 is 2.33 bits per heavy atom. The number of aldehydes is 1. The van der Waals surface area contributed by atoms with Crippen LogP contribution in [0.3, 0.4) is 0 Å². The van der Waals surface area contributed by atoms with E-state index in [4.69, 9.17) is 0 Å². The van der Waals surface area contributed by atoms with Gasteiger partial charge in [-0.15, -0.1) is 0 Å². The van der Waals surface area contributed by atoms with Gasteiger partial charge in [-0.3, -0.25) is 4.79 Å². The first kappa shape index (κ1) is 7.24. The molecule has 0 unspecified atom stereocenters. The molecule has 1 N–H and O–H groups in total. The maximum absolute atomic E-state index is 10.4. The summed E-state index contributed by atoms with van der Waals surface area (Å²) in [5, 5.41) is 10.3. The van der Waals surface area contributed by atoms with Crippen molar-refractivity contribution in [2.75, 3.05) is 0 Å². The molecular weight excluding hydrogens is 174 g/mol. The maximum atomic E-state index is 10.4. The van der Waals surface area contributed by atoms with Gasteiger partial charge in [0, 0.05) is 11.6 Å². The molecule has 0 saturated heterocycles. The Morgan fingerprint density at radius 1 is 1.50 bits per heavy atom. The van der Waals surface area contributed by atoms with Crippen molar-refractivity contribution in [2.24, 2.45) is 0 Å². The molecule has 3 nitrogen and oxygen atoms in total. The van der Waals surface area contributed by atoms with Gasteiger partial charge in [-0.25, -0.2) is 0 Å². The molecule has 0 bridgehead atoms. The Labute approximate surface area is 72.4 Å². The minimum atomic E-state index is 0.0324. The number of aromatic hydroxyl groups is 1. The van der Waals surface area contributed by atoms with E-state index < -0.39 is 0 Å². The minimum absolute atomic E-state index is 0.0324. The molecule has 0 fully saturated rings. The predicted octanol–water partition coefficient (Wildman–Crippen LogP) is 1.81. The molecule has 0 aliphatic heterocycles. The Hall–Kier alpha value is -1.42. The number of carbonyl (C=O) groups excluding carboxylic acids is 1. The molecule has 0 atom stereocenters. The van der Waals surface area contributed by atoms with Crippen molar-refractivity contribution in [3.05, 3.63) is 23.9 Å². The molecule has 12 heavy (non-hydrogen) atoms. The van der Waals surface area contributed by atoms with Crippen molar-refractivity contribution in [2.45, 2.75) is 0 Å². The van der Waals surface area contributed by atoms with Gasteiger partial charge in [-0.05, 0) is 17.6 Å². The van der Waals surface area contributed by atoms with Crippen LogP contribution in [-0.4, -0.2) is 15.8 Å². The fraction of sp³-hybridized carbons (Fsp3) is 0. The molecule has 0 spiro atoms. The molecule has 0 amide bonds. The average Bonchev–Trinajstić information content (AvgIpc) is 2.53. The molecule has 1 heterocycles. The van der Waals surface area contributed by atoms with Crippen LogP contribution in [-0.2, 0) is 0 Å². The lowest BCUT2D eigenvalue weighted by atomic mass is 10.2. The quantitative estimate of drug-likeness (QED) is 0.679. The van der Waals surface area contributed by atoms with Crippen molar-refractivity contribution < 1.29 is 9.90 Å². The highest BCUT2D eigenvalue weighted by molar-refractivity contribution is 7.13. The van der Waals surface area contributed by atoms with E-state index >= 15 is 0 Å². The van der Waals surface area contributed by atoms with Crippen LogP contribution in [0.5, 0.6) is 5.75 Å². The molecule has 1 aromatic heterocycles. The predicted molar refractivity (Wildman–Crippen MR) is 46.7 cm³/mol. The molecule has 2 aromatic rings. The number of hydrogen-bond donors (Lipinski definition) is 1. The average molecular weight is 179 g/mol. The minimum Gasteiger partial charge on any atom is -0.506 e. The lowest BCUT2D eigenvalue weighted by Crippen LogP contribution is -1.79. The zero-order valence-corrected chi connectivity index (χ0v) is 6.84. The second-order valence-electron chi connectivity index (χ2n) is 2.37. The second kappa shape index (κ2) is 2.57. The molecule has 0 radical (unpaired) electrons. The van der Waals surface area contributed by atoms with Crippen LogP contribution in [0.4, 0.5) is 0 Å². The van der Waals surface area contributed by atoms with Gasteiger partial charge in [-0.2, -0.15) is 4.37 Å². The van der Waals surface area contributed by atoms with E-state index in [0.717, 1.165) is 5.39 Å². The molecular formula is C8H5NO2S. The summed E-state index contributed by atoms with van der Waals surface area (Å²) in [5.74, 6) is 0.0324. The Balaban J connectivity index is 2.86. The maximum Gasteiger partial charge on any atom is 0.153 e. The van der Waals surface area contributed by atoms with E-state index in [-0.39, 0.29) is 5.75 Å². The number of phenolic OH excluding ortho intramolecular Hbond substituents is 1. The number of phenols is 1. The number of rotatable bonds is 1. The van der Waals surface area contributed by atoms with Gasteiger partial charge in [0.2, 0.25) is 0 Å². The number of carbonyl (C=O) groups is 1. The van der Waals surface area contributed by atoms with Gasteiger partial charge in [0.15, 0.2) is 6.29 Å². The van der Waals surface area contributed by atoms with Gasteiger partial charge in [-0.1, -0.05) is 6.07 Å². The zero-order chi connectivity index (χ0) is 8.55. The highest BCUT2D eigenvalue weighted by atomic mass is 32.1. The van der Waals surface area contributed by atoms with E-state index in [1.54, 1.807) is 18.3 Å². The van der Waals surface area contributed by atoms with E-state index in [9.17, 15) is 9.90 Å². The van der Waals surface area contributed by atoms with Crippen LogP contribution >= 0.6 is 11.5 Å². The van der Waals surface area contributed by atoms with Crippen LogP contribution in [0.1, 0.15) is 10.4 Å². The summed E-state index contributed by atoms with van der Waals surface area (Å²) in [6.07, 6.45) is 2.29. The van der Waals surface area contributed by atoms with Crippen LogP contribution < -0.4 is 0 Å². The third-order valence-electron chi connectivity index (χ3n) is 1.66. The first-order chi connectivity index (χ1) is 5.83. The van der Waals surface area contributed by atoms with Gasteiger partial charge >= 0.3 is 0 Å². The summed E-state index contributed by atoms with van der Waals surface area (Å²) < 4.78 is 4.57. The van der Waals surface area contributed by atoms with Crippen molar-refractivity contribution in [3.8, 4) is 5.75 Å². The normalized spacial score (nSPS) is 10.3. The second-order valence-corrected chi connectivity index (χ2v) is 3.17. The number of nitrogens with zero attached hydrogens (tertiary/aromatic N) is 1. The first-order valence-corrected chi connectivity index (χ1v) is 4.12. The number of fused-ring (bicyclic) bond motifs is 1. The van der Waals surface area contributed by atoms with Crippen molar-refractivity contribution in [1.82, 2.24) is 4.37 Å². The van der Waals surface area contributed by atoms with Gasteiger partial charge in [0.1, 0.15) is 5.75 Å². The van der Waals surface area contributed by atoms with Gasteiger partial charge < -0.3 is 5.11 Å². The van der Waals surface area contributed by atoms with Gasteiger partial charge in [0.25, 0.3) is 0 Å². The summed E-state index contributed by atoms with van der Waals surface area (Å²) in [5.41, 5.74) is 0.312. The molecule has 1 aromatic carbocycles. The lowest BCUT2D eigenvalue weighted by molar-refractivity contribution is 0.112. The monoisotopic (exact) mass is 179 g/mol. The van der Waals surface area contributed by atoms with Crippen LogP contribution in [0.15, 0.2) is 18.3 Å². The standard InChI is InChI=1S/C8H5NO2S/c10-4-6-2-1-5-3-9-12-8(5)7(6)11/h1-4,11H. The van der Waals surface area contributed by atoms with E-state index in [0.29, 0.717) is 16.5 Å². The number of benzene rings is 1. The third kappa shape index (κ3) is 0.887. The van der Waals surface area contributed by atoms with E-state index in [1.807, 2.05) is 0 Å². The molecule has 4 heteroatoms. The summed E-state index contributed by atoms with van der Waals surface area (Å²) in [6.45, 7) is 0. The molecule has 0 aliphatic carbocycles. The summed E-state index contributed by atoms with van der Waals surface area (Å²) >= 11 is 1.18. The molecule has 60 valence electrons. The number of aromatic nitrogens is 1. The molecule has 2 rings (SSSR count). The summed E-state index contributed by atoms with van der Waals surface area (Å²) in [7, 11) is 0. The van der Waals surface area contributed by atoms with Crippen molar-refractivity contribution in [3.63, 3.8) is 0 Å². The first-order valence-electron chi connectivity index (χ1n) is 3.34. The van der Waals surface area contributed by atoms with E-state index in [2.05, 4.69) is 4.37 Å². The van der Waals surface area contributed by atoms with Gasteiger partial charge in [0.05, 0.1) is 10.3 Å². The van der Waals surface area contributed by atoms with E-state index in [1.165, 1.54) is 11.5 Å². The third-order valence-corrected chi connectivity index (χ3v) is 2.48. The van der Waals surface area contributed by atoms with Crippen molar-refractivity contribution in [1.29, 1.82) is 0 Å². The zero-order valence-electron chi connectivity index (χ0n) is 6.02.